The van der Waals surface area contributed by atoms with Crippen molar-refractivity contribution in [2.45, 2.75) is 12.7 Å². The smallest absolute Gasteiger partial charge is 0.379 e. The lowest BCUT2D eigenvalue weighted by Crippen LogP contribution is -2.09. The molecule has 0 atom stereocenters. The van der Waals surface area contributed by atoms with Crippen LogP contribution in [0.1, 0.15) is 16.8 Å². The van der Waals surface area contributed by atoms with E-state index >= 15 is 0 Å². The molecule has 1 heterocycles. The number of aromatic nitrogens is 2. The molecule has 0 fully saturated rings. The molecule has 0 aliphatic heterocycles. The standard InChI is InChI=1S/C12H9F3N4/c13-12(14,15)11-3-9(2-1-8(11)4-16)18-6-10-5-17-7-19-10/h1-3,5,7,18H,6H2,(H,17,19). The highest BCUT2D eigenvalue weighted by Gasteiger charge is 2.33. The molecule has 1 aromatic heterocycles. The average molecular weight is 266 g/mol. The van der Waals surface area contributed by atoms with Gasteiger partial charge >= 0.3 is 6.18 Å². The number of rotatable bonds is 3. The summed E-state index contributed by atoms with van der Waals surface area (Å²) in [5.74, 6) is 0. The molecule has 0 spiro atoms. The second-order valence-electron chi connectivity index (χ2n) is 3.80. The zero-order valence-electron chi connectivity index (χ0n) is 9.62. The molecular weight excluding hydrogens is 257 g/mol. The van der Waals surface area contributed by atoms with E-state index in [1.165, 1.54) is 18.5 Å². The first kappa shape index (κ1) is 13.0. The van der Waals surface area contributed by atoms with E-state index in [0.29, 0.717) is 12.2 Å². The first-order chi connectivity index (χ1) is 9.00. The van der Waals surface area contributed by atoms with E-state index in [9.17, 15) is 13.2 Å². The number of nitrogens with zero attached hydrogens (tertiary/aromatic N) is 2. The summed E-state index contributed by atoms with van der Waals surface area (Å²) in [4.78, 5) is 6.63. The molecule has 98 valence electrons. The van der Waals surface area contributed by atoms with Gasteiger partial charge in [-0.3, -0.25) is 0 Å². The number of alkyl halides is 3. The predicted octanol–water partition coefficient (Wildman–Crippen LogP) is 2.91. The van der Waals surface area contributed by atoms with Crippen molar-refractivity contribution in [1.82, 2.24) is 9.97 Å². The van der Waals surface area contributed by atoms with Crippen molar-refractivity contribution in [2.75, 3.05) is 5.32 Å². The Bertz CT molecular complexity index is 596. The van der Waals surface area contributed by atoms with Crippen LogP contribution in [0, 0.1) is 11.3 Å². The van der Waals surface area contributed by atoms with Gasteiger partial charge in [-0.05, 0) is 18.2 Å². The van der Waals surface area contributed by atoms with Gasteiger partial charge in [0.25, 0.3) is 0 Å². The molecular formula is C12H9F3N4. The summed E-state index contributed by atoms with van der Waals surface area (Å²) in [6.45, 7) is 0.323. The molecule has 7 heteroatoms. The summed E-state index contributed by atoms with van der Waals surface area (Å²) in [7, 11) is 0. The lowest BCUT2D eigenvalue weighted by Gasteiger charge is -2.11. The van der Waals surface area contributed by atoms with E-state index in [2.05, 4.69) is 15.3 Å². The predicted molar refractivity (Wildman–Crippen MR) is 62.1 cm³/mol. The van der Waals surface area contributed by atoms with E-state index in [-0.39, 0.29) is 5.56 Å². The van der Waals surface area contributed by atoms with Gasteiger partial charge in [-0.1, -0.05) is 0 Å². The molecule has 0 amide bonds. The first-order valence-corrected chi connectivity index (χ1v) is 5.33. The Morgan fingerprint density at radius 1 is 1.37 bits per heavy atom. The third kappa shape index (κ3) is 3.04. The normalized spacial score (nSPS) is 11.1. The van der Waals surface area contributed by atoms with Crippen LogP contribution in [0.3, 0.4) is 0 Å². The van der Waals surface area contributed by atoms with Gasteiger partial charge in [0.05, 0.1) is 35.8 Å². The van der Waals surface area contributed by atoms with Gasteiger partial charge in [-0.2, -0.15) is 18.4 Å². The van der Waals surface area contributed by atoms with Crippen molar-refractivity contribution < 1.29 is 13.2 Å². The number of imidazole rings is 1. The number of hydrogen-bond donors (Lipinski definition) is 2. The van der Waals surface area contributed by atoms with Gasteiger partial charge in [0, 0.05) is 11.9 Å². The number of anilines is 1. The van der Waals surface area contributed by atoms with Crippen LogP contribution in [-0.4, -0.2) is 9.97 Å². The Balaban J connectivity index is 2.21. The summed E-state index contributed by atoms with van der Waals surface area (Å²) in [5.41, 5.74) is -0.289. The maximum absolute atomic E-state index is 12.7. The molecule has 2 aromatic rings. The van der Waals surface area contributed by atoms with Crippen LogP contribution in [0.15, 0.2) is 30.7 Å². The van der Waals surface area contributed by atoms with Crippen molar-refractivity contribution >= 4 is 5.69 Å². The SMILES string of the molecule is N#Cc1ccc(NCc2cnc[nH]2)cc1C(F)(F)F. The van der Waals surface area contributed by atoms with Crippen LogP contribution < -0.4 is 5.32 Å². The van der Waals surface area contributed by atoms with Gasteiger partial charge in [-0.25, -0.2) is 4.98 Å². The van der Waals surface area contributed by atoms with Gasteiger partial charge < -0.3 is 10.3 Å². The third-order valence-electron chi connectivity index (χ3n) is 2.48. The number of aromatic amines is 1. The van der Waals surface area contributed by atoms with E-state index in [4.69, 9.17) is 5.26 Å². The highest BCUT2D eigenvalue weighted by Crippen LogP contribution is 2.33. The summed E-state index contributed by atoms with van der Waals surface area (Å²) in [6.07, 6.45) is -1.49. The number of nitriles is 1. The number of halogens is 3. The molecule has 19 heavy (non-hydrogen) atoms. The fraction of sp³-hybridized carbons (Fsp3) is 0.167. The van der Waals surface area contributed by atoms with Crippen molar-refractivity contribution in [2.24, 2.45) is 0 Å². The monoisotopic (exact) mass is 266 g/mol. The highest BCUT2D eigenvalue weighted by atomic mass is 19.4. The fourth-order valence-electron chi connectivity index (χ4n) is 1.56. The van der Waals surface area contributed by atoms with E-state index in [1.54, 1.807) is 6.20 Å². The van der Waals surface area contributed by atoms with Gasteiger partial charge in [-0.15, -0.1) is 0 Å². The first-order valence-electron chi connectivity index (χ1n) is 5.33. The lowest BCUT2D eigenvalue weighted by molar-refractivity contribution is -0.137. The summed E-state index contributed by atoms with van der Waals surface area (Å²) in [5, 5.41) is 11.5. The zero-order chi connectivity index (χ0) is 13.9. The average Bonchev–Trinajstić information content (AvgIpc) is 2.88. The van der Waals surface area contributed by atoms with Gasteiger partial charge in [0.1, 0.15) is 0 Å². The largest absolute Gasteiger partial charge is 0.417 e. The Morgan fingerprint density at radius 3 is 2.74 bits per heavy atom. The number of benzene rings is 1. The lowest BCUT2D eigenvalue weighted by atomic mass is 10.1. The molecule has 0 saturated carbocycles. The Morgan fingerprint density at radius 2 is 2.16 bits per heavy atom. The van der Waals surface area contributed by atoms with Crippen LogP contribution in [0.25, 0.3) is 0 Å². The molecule has 0 aliphatic carbocycles. The van der Waals surface area contributed by atoms with E-state index < -0.39 is 11.7 Å². The molecule has 2 N–H and O–H groups in total. The van der Waals surface area contributed by atoms with Crippen LogP contribution in [-0.2, 0) is 12.7 Å². The van der Waals surface area contributed by atoms with Gasteiger partial charge in [0.15, 0.2) is 0 Å². The second-order valence-corrected chi connectivity index (χ2v) is 3.80. The van der Waals surface area contributed by atoms with Crippen LogP contribution in [0.5, 0.6) is 0 Å². The second kappa shape index (κ2) is 5.02. The third-order valence-corrected chi connectivity index (χ3v) is 2.48. The Hall–Kier alpha value is -2.49. The van der Waals surface area contributed by atoms with Crippen molar-refractivity contribution in [3.05, 3.63) is 47.5 Å². The number of nitrogens with one attached hydrogen (secondary N) is 2. The molecule has 0 radical (unpaired) electrons. The minimum Gasteiger partial charge on any atom is -0.379 e. The van der Waals surface area contributed by atoms with Crippen molar-refractivity contribution in [3.8, 4) is 6.07 Å². The molecule has 4 nitrogen and oxygen atoms in total. The Labute approximate surface area is 106 Å². The van der Waals surface area contributed by atoms with Crippen molar-refractivity contribution in [3.63, 3.8) is 0 Å². The molecule has 2 rings (SSSR count). The number of hydrogen-bond acceptors (Lipinski definition) is 3. The molecule has 1 aromatic carbocycles. The maximum atomic E-state index is 12.7. The maximum Gasteiger partial charge on any atom is 0.417 e. The molecule has 0 unspecified atom stereocenters. The number of H-pyrrole nitrogens is 1. The minimum atomic E-state index is -4.54. The topological polar surface area (TPSA) is 64.5 Å². The van der Waals surface area contributed by atoms with Gasteiger partial charge in [0.2, 0.25) is 0 Å². The highest BCUT2D eigenvalue weighted by molar-refractivity contribution is 5.53. The van der Waals surface area contributed by atoms with Crippen LogP contribution in [0.4, 0.5) is 18.9 Å². The fourth-order valence-corrected chi connectivity index (χ4v) is 1.56. The molecule has 0 bridgehead atoms. The molecule has 0 saturated heterocycles. The van der Waals surface area contributed by atoms with E-state index in [1.807, 2.05) is 0 Å². The van der Waals surface area contributed by atoms with Crippen LogP contribution >= 0.6 is 0 Å². The summed E-state index contributed by atoms with van der Waals surface area (Å²) in [6, 6.07) is 5.05. The summed E-state index contributed by atoms with van der Waals surface area (Å²) < 4.78 is 38.2. The molecule has 0 aliphatic rings. The quantitative estimate of drug-likeness (QED) is 0.897. The van der Waals surface area contributed by atoms with Crippen LogP contribution in [0.2, 0.25) is 0 Å². The van der Waals surface area contributed by atoms with Crippen molar-refractivity contribution in [1.29, 1.82) is 5.26 Å². The Kier molecular flexibility index (Phi) is 3.42. The summed E-state index contributed by atoms with van der Waals surface area (Å²) >= 11 is 0. The minimum absolute atomic E-state index is 0.293. The zero-order valence-corrected chi connectivity index (χ0v) is 9.62. The van der Waals surface area contributed by atoms with E-state index in [0.717, 1.165) is 17.8 Å².